The van der Waals surface area contributed by atoms with Crippen molar-refractivity contribution in [1.82, 2.24) is 4.98 Å². The molecule has 3 heteroatoms. The summed E-state index contributed by atoms with van der Waals surface area (Å²) in [5.74, 6) is 0.391. The number of esters is 1. The molecule has 1 aromatic heterocycles. The van der Waals surface area contributed by atoms with Crippen LogP contribution >= 0.6 is 0 Å². The molecule has 0 amide bonds. The van der Waals surface area contributed by atoms with E-state index in [1.807, 2.05) is 12.1 Å². The molecule has 1 aliphatic carbocycles. The van der Waals surface area contributed by atoms with Crippen LogP contribution in [0.4, 0.5) is 0 Å². The first-order valence-corrected chi connectivity index (χ1v) is 8.36. The van der Waals surface area contributed by atoms with Crippen LogP contribution in [0.2, 0.25) is 0 Å². The van der Waals surface area contributed by atoms with E-state index in [-0.39, 0.29) is 11.9 Å². The molecule has 0 spiro atoms. The Bertz CT molecular complexity index is 630. The van der Waals surface area contributed by atoms with Crippen molar-refractivity contribution < 1.29 is 9.53 Å². The lowest BCUT2D eigenvalue weighted by Gasteiger charge is -2.19. The fraction of sp³-hybridized carbons (Fsp3) is 0.400. The standard InChI is InChI=1S/C20H23NO2/c1-23-20(22)19(14-15-4-2-3-5-15)18-8-6-16(7-9-18)17-10-12-21-13-11-17/h6-13,15,19H,2-5,14H2,1H3. The second-order valence-corrected chi connectivity index (χ2v) is 6.32. The maximum absolute atomic E-state index is 12.2. The number of hydrogen-bond acceptors (Lipinski definition) is 3. The number of carbonyl (C=O) groups is 1. The first kappa shape index (κ1) is 15.7. The third kappa shape index (κ3) is 3.79. The Morgan fingerprint density at radius 1 is 1.09 bits per heavy atom. The maximum atomic E-state index is 12.2. The molecule has 0 radical (unpaired) electrons. The summed E-state index contributed by atoms with van der Waals surface area (Å²) in [6, 6.07) is 12.3. The van der Waals surface area contributed by atoms with Gasteiger partial charge in [-0.3, -0.25) is 9.78 Å². The molecule has 1 aromatic carbocycles. The monoisotopic (exact) mass is 309 g/mol. The second-order valence-electron chi connectivity index (χ2n) is 6.32. The van der Waals surface area contributed by atoms with Gasteiger partial charge in [-0.1, -0.05) is 49.9 Å². The highest BCUT2D eigenvalue weighted by Gasteiger charge is 2.27. The SMILES string of the molecule is COC(=O)C(CC1CCCC1)c1ccc(-c2ccncc2)cc1. The molecule has 1 unspecified atom stereocenters. The van der Waals surface area contributed by atoms with Gasteiger partial charge in [0.1, 0.15) is 0 Å². The highest BCUT2D eigenvalue weighted by molar-refractivity contribution is 5.78. The highest BCUT2D eigenvalue weighted by Crippen LogP contribution is 2.35. The Hall–Kier alpha value is -2.16. The normalized spacial score (nSPS) is 16.2. The van der Waals surface area contributed by atoms with Gasteiger partial charge in [0.25, 0.3) is 0 Å². The number of nitrogens with zero attached hydrogens (tertiary/aromatic N) is 1. The van der Waals surface area contributed by atoms with E-state index in [0.717, 1.165) is 23.1 Å². The topological polar surface area (TPSA) is 39.2 Å². The average Bonchev–Trinajstić information content (AvgIpc) is 3.13. The number of ether oxygens (including phenoxy) is 1. The lowest BCUT2D eigenvalue weighted by molar-refractivity contribution is -0.142. The van der Waals surface area contributed by atoms with E-state index in [4.69, 9.17) is 4.74 Å². The number of rotatable bonds is 5. The van der Waals surface area contributed by atoms with Crippen LogP contribution in [0.15, 0.2) is 48.8 Å². The molecule has 1 aliphatic rings. The van der Waals surface area contributed by atoms with E-state index in [2.05, 4.69) is 29.2 Å². The molecule has 120 valence electrons. The summed E-state index contributed by atoms with van der Waals surface area (Å²) < 4.78 is 5.04. The minimum Gasteiger partial charge on any atom is -0.469 e. The summed E-state index contributed by atoms with van der Waals surface area (Å²) in [6.07, 6.45) is 9.55. The molecule has 1 heterocycles. The number of pyridine rings is 1. The average molecular weight is 309 g/mol. The third-order valence-corrected chi connectivity index (χ3v) is 4.86. The maximum Gasteiger partial charge on any atom is 0.313 e. The van der Waals surface area contributed by atoms with Crippen LogP contribution in [0.5, 0.6) is 0 Å². The molecule has 3 nitrogen and oxygen atoms in total. The zero-order valence-electron chi connectivity index (χ0n) is 13.6. The van der Waals surface area contributed by atoms with Gasteiger partial charge in [-0.05, 0) is 41.2 Å². The van der Waals surface area contributed by atoms with Crippen molar-refractivity contribution in [3.8, 4) is 11.1 Å². The first-order valence-electron chi connectivity index (χ1n) is 8.36. The fourth-order valence-electron chi connectivity index (χ4n) is 3.54. The highest BCUT2D eigenvalue weighted by atomic mass is 16.5. The molecule has 1 atom stereocenters. The van der Waals surface area contributed by atoms with Gasteiger partial charge in [-0.15, -0.1) is 0 Å². The van der Waals surface area contributed by atoms with Crippen LogP contribution in [-0.4, -0.2) is 18.1 Å². The predicted molar refractivity (Wildman–Crippen MR) is 91.0 cm³/mol. The van der Waals surface area contributed by atoms with Crippen LogP contribution in [0, 0.1) is 5.92 Å². The van der Waals surface area contributed by atoms with Crippen molar-refractivity contribution in [2.45, 2.75) is 38.0 Å². The van der Waals surface area contributed by atoms with Crippen molar-refractivity contribution in [3.63, 3.8) is 0 Å². The van der Waals surface area contributed by atoms with Gasteiger partial charge < -0.3 is 4.74 Å². The number of carbonyl (C=O) groups excluding carboxylic acids is 1. The predicted octanol–water partition coefficient (Wildman–Crippen LogP) is 4.59. The molecule has 0 saturated heterocycles. The Kier molecular flexibility index (Phi) is 5.06. The molecular weight excluding hydrogens is 286 g/mol. The first-order chi connectivity index (χ1) is 11.3. The van der Waals surface area contributed by atoms with Gasteiger partial charge in [0.2, 0.25) is 0 Å². The lowest BCUT2D eigenvalue weighted by Crippen LogP contribution is -2.17. The number of hydrogen-bond donors (Lipinski definition) is 0. The summed E-state index contributed by atoms with van der Waals surface area (Å²) >= 11 is 0. The van der Waals surface area contributed by atoms with Crippen LogP contribution in [0.3, 0.4) is 0 Å². The van der Waals surface area contributed by atoms with Gasteiger partial charge in [0, 0.05) is 12.4 Å². The van der Waals surface area contributed by atoms with Crippen LogP contribution in [0.1, 0.15) is 43.6 Å². The lowest BCUT2D eigenvalue weighted by atomic mass is 9.87. The van der Waals surface area contributed by atoms with Crippen molar-refractivity contribution in [2.24, 2.45) is 5.92 Å². The quantitative estimate of drug-likeness (QED) is 0.759. The molecule has 23 heavy (non-hydrogen) atoms. The van der Waals surface area contributed by atoms with Gasteiger partial charge in [0.15, 0.2) is 0 Å². The van der Waals surface area contributed by atoms with Crippen LogP contribution in [-0.2, 0) is 9.53 Å². The molecule has 0 N–H and O–H groups in total. The summed E-state index contributed by atoms with van der Waals surface area (Å²) in [5.41, 5.74) is 3.33. The van der Waals surface area contributed by atoms with E-state index < -0.39 is 0 Å². The smallest absolute Gasteiger partial charge is 0.313 e. The second kappa shape index (κ2) is 7.40. The fourth-order valence-corrected chi connectivity index (χ4v) is 3.54. The van der Waals surface area contributed by atoms with Crippen LogP contribution < -0.4 is 0 Å². The summed E-state index contributed by atoms with van der Waals surface area (Å²) in [6.45, 7) is 0. The molecule has 0 bridgehead atoms. The van der Waals surface area contributed by atoms with E-state index >= 15 is 0 Å². The van der Waals surface area contributed by atoms with Gasteiger partial charge in [-0.2, -0.15) is 0 Å². The van der Waals surface area contributed by atoms with E-state index in [9.17, 15) is 4.79 Å². The van der Waals surface area contributed by atoms with Crippen molar-refractivity contribution >= 4 is 5.97 Å². The van der Waals surface area contributed by atoms with Crippen LogP contribution in [0.25, 0.3) is 11.1 Å². The van der Waals surface area contributed by atoms with Gasteiger partial charge >= 0.3 is 5.97 Å². The summed E-state index contributed by atoms with van der Waals surface area (Å²) in [5, 5.41) is 0. The molecular formula is C20H23NO2. The van der Waals surface area contributed by atoms with Crippen molar-refractivity contribution in [2.75, 3.05) is 7.11 Å². The Labute approximate surface area is 137 Å². The van der Waals surface area contributed by atoms with Gasteiger partial charge in [0.05, 0.1) is 13.0 Å². The third-order valence-electron chi connectivity index (χ3n) is 4.86. The number of methoxy groups -OCH3 is 1. The molecule has 3 rings (SSSR count). The van der Waals surface area contributed by atoms with Gasteiger partial charge in [-0.25, -0.2) is 0 Å². The minimum atomic E-state index is -0.144. The number of aromatic nitrogens is 1. The molecule has 1 saturated carbocycles. The van der Waals surface area contributed by atoms with E-state index in [0.29, 0.717) is 5.92 Å². The summed E-state index contributed by atoms with van der Waals surface area (Å²) in [7, 11) is 1.48. The Morgan fingerprint density at radius 3 is 2.30 bits per heavy atom. The zero-order chi connectivity index (χ0) is 16.1. The minimum absolute atomic E-state index is 0.117. The van der Waals surface area contributed by atoms with E-state index in [1.165, 1.54) is 32.8 Å². The Morgan fingerprint density at radius 2 is 1.70 bits per heavy atom. The largest absolute Gasteiger partial charge is 0.469 e. The molecule has 1 fully saturated rings. The Balaban J connectivity index is 1.80. The summed E-state index contributed by atoms with van der Waals surface area (Å²) in [4.78, 5) is 16.3. The molecule has 0 aliphatic heterocycles. The zero-order valence-corrected chi connectivity index (χ0v) is 13.6. The van der Waals surface area contributed by atoms with E-state index in [1.54, 1.807) is 12.4 Å². The number of benzene rings is 1. The molecule has 2 aromatic rings. The van der Waals surface area contributed by atoms with Crippen molar-refractivity contribution in [1.29, 1.82) is 0 Å². The van der Waals surface area contributed by atoms with Crippen molar-refractivity contribution in [3.05, 3.63) is 54.4 Å².